The van der Waals surface area contributed by atoms with Gasteiger partial charge in [-0.15, -0.1) is 0 Å². The fourth-order valence-corrected chi connectivity index (χ4v) is 3.38. The molecule has 0 radical (unpaired) electrons. The fraction of sp³-hybridized carbons (Fsp3) is 0.273. The number of carbonyl (C=O) groups excluding carboxylic acids is 2. The van der Waals surface area contributed by atoms with Gasteiger partial charge in [0.05, 0.1) is 17.0 Å². The number of carbonyl (C=O) groups is 2. The van der Waals surface area contributed by atoms with Crippen LogP contribution in [0.5, 0.6) is 0 Å². The summed E-state index contributed by atoms with van der Waals surface area (Å²) >= 11 is 6.25. The maximum Gasteiger partial charge on any atom is 0.252 e. The van der Waals surface area contributed by atoms with Crippen molar-refractivity contribution in [3.8, 4) is 0 Å². The van der Waals surface area contributed by atoms with E-state index in [2.05, 4.69) is 10.6 Å². The minimum Gasteiger partial charge on any atom is -0.352 e. The second-order valence-corrected chi connectivity index (χ2v) is 7.71. The summed E-state index contributed by atoms with van der Waals surface area (Å²) in [5.74, 6) is 0.00659. The van der Waals surface area contributed by atoms with E-state index < -0.39 is 0 Å². The Balaban J connectivity index is 1.68. The molecule has 0 fully saturated rings. The number of hydrogen-bond acceptors (Lipinski definition) is 2. The van der Waals surface area contributed by atoms with Gasteiger partial charge in [-0.2, -0.15) is 0 Å². The Morgan fingerprint density at radius 3 is 2.61 bits per heavy atom. The van der Waals surface area contributed by atoms with Crippen LogP contribution in [0.2, 0.25) is 5.02 Å². The van der Waals surface area contributed by atoms with Gasteiger partial charge in [0.1, 0.15) is 0 Å². The van der Waals surface area contributed by atoms with Gasteiger partial charge in [0.25, 0.3) is 5.91 Å². The number of amides is 2. The highest BCUT2D eigenvalue weighted by molar-refractivity contribution is 6.34. The van der Waals surface area contributed by atoms with E-state index in [1.807, 2.05) is 55.9 Å². The molecule has 2 aromatic carbocycles. The minimum atomic E-state index is -0.215. The third-order valence-corrected chi connectivity index (χ3v) is 4.81. The lowest BCUT2D eigenvalue weighted by Gasteiger charge is -2.10. The molecule has 146 valence electrons. The number of nitrogens with one attached hydrogen (secondary N) is 2. The Bertz CT molecular complexity index is 1020. The number of fused-ring (bicyclic) bond motifs is 1. The molecule has 0 aliphatic rings. The molecule has 3 aromatic rings. The molecule has 2 amide bonds. The van der Waals surface area contributed by atoms with Crippen LogP contribution in [-0.2, 0) is 18.3 Å². The van der Waals surface area contributed by atoms with Gasteiger partial charge < -0.3 is 15.2 Å². The van der Waals surface area contributed by atoms with E-state index >= 15 is 0 Å². The number of aromatic nitrogens is 1. The number of anilines is 1. The van der Waals surface area contributed by atoms with E-state index in [0.29, 0.717) is 28.7 Å². The first-order valence-electron chi connectivity index (χ1n) is 9.25. The van der Waals surface area contributed by atoms with E-state index in [-0.39, 0.29) is 18.2 Å². The van der Waals surface area contributed by atoms with Crippen LogP contribution in [0, 0.1) is 5.92 Å². The zero-order chi connectivity index (χ0) is 20.3. The molecular formula is C22H24ClN3O2. The maximum atomic E-state index is 12.5. The van der Waals surface area contributed by atoms with Crippen molar-refractivity contribution in [2.24, 2.45) is 13.0 Å². The van der Waals surface area contributed by atoms with Crippen molar-refractivity contribution >= 4 is 40.0 Å². The smallest absolute Gasteiger partial charge is 0.252 e. The Morgan fingerprint density at radius 1 is 1.14 bits per heavy atom. The highest BCUT2D eigenvalue weighted by Crippen LogP contribution is 2.23. The molecule has 5 nitrogen and oxygen atoms in total. The molecular weight excluding hydrogens is 374 g/mol. The molecule has 0 spiro atoms. The SMILES string of the molecule is CC(C)CNC(=O)c1ccc(NC(=O)Cc2cn(C)c3ccccc23)cc1Cl. The molecule has 28 heavy (non-hydrogen) atoms. The van der Waals surface area contributed by atoms with Gasteiger partial charge in [0.2, 0.25) is 5.91 Å². The first-order chi connectivity index (χ1) is 13.3. The van der Waals surface area contributed by atoms with Gasteiger partial charge in [-0.05, 0) is 35.7 Å². The zero-order valence-corrected chi connectivity index (χ0v) is 17.0. The van der Waals surface area contributed by atoms with Crippen molar-refractivity contribution in [1.82, 2.24) is 9.88 Å². The van der Waals surface area contributed by atoms with Crippen molar-refractivity contribution in [2.75, 3.05) is 11.9 Å². The Labute approximate surface area is 169 Å². The van der Waals surface area contributed by atoms with Crippen LogP contribution in [0.3, 0.4) is 0 Å². The number of halogens is 1. The molecule has 0 bridgehead atoms. The number of rotatable bonds is 6. The predicted octanol–water partition coefficient (Wildman–Crippen LogP) is 4.40. The average Bonchev–Trinajstić information content (AvgIpc) is 2.95. The molecule has 0 atom stereocenters. The molecule has 6 heteroatoms. The second-order valence-electron chi connectivity index (χ2n) is 7.31. The monoisotopic (exact) mass is 397 g/mol. The van der Waals surface area contributed by atoms with Crippen molar-refractivity contribution in [3.63, 3.8) is 0 Å². The van der Waals surface area contributed by atoms with Gasteiger partial charge in [-0.1, -0.05) is 43.6 Å². The standard InChI is InChI=1S/C22H24ClN3O2/c1-14(2)12-24-22(28)18-9-8-16(11-19(18)23)25-21(27)10-15-13-26(3)20-7-5-4-6-17(15)20/h4-9,11,13-14H,10,12H2,1-3H3,(H,24,28)(H,25,27). The molecule has 0 saturated heterocycles. The third-order valence-electron chi connectivity index (χ3n) is 4.50. The van der Waals surface area contributed by atoms with Crippen LogP contribution in [-0.4, -0.2) is 22.9 Å². The molecule has 3 rings (SSSR count). The van der Waals surface area contributed by atoms with Gasteiger partial charge in [-0.25, -0.2) is 0 Å². The van der Waals surface area contributed by atoms with Gasteiger partial charge in [0, 0.05) is 36.4 Å². The summed E-state index contributed by atoms with van der Waals surface area (Å²) in [4.78, 5) is 24.7. The topological polar surface area (TPSA) is 63.1 Å². The van der Waals surface area contributed by atoms with Gasteiger partial charge >= 0.3 is 0 Å². The van der Waals surface area contributed by atoms with Crippen LogP contribution >= 0.6 is 11.6 Å². The number of hydrogen-bond donors (Lipinski definition) is 2. The van der Waals surface area contributed by atoms with Crippen LogP contribution in [0.25, 0.3) is 10.9 Å². The number of benzene rings is 2. The summed E-state index contributed by atoms with van der Waals surface area (Å²) in [6.45, 7) is 4.63. The van der Waals surface area contributed by atoms with Crippen LogP contribution in [0.1, 0.15) is 29.8 Å². The lowest BCUT2D eigenvalue weighted by Crippen LogP contribution is -2.27. The molecule has 2 N–H and O–H groups in total. The normalized spacial score (nSPS) is 11.0. The number of para-hydroxylation sites is 1. The lowest BCUT2D eigenvalue weighted by molar-refractivity contribution is -0.115. The van der Waals surface area contributed by atoms with E-state index in [1.54, 1.807) is 18.2 Å². The predicted molar refractivity (Wildman–Crippen MR) is 114 cm³/mol. The Hall–Kier alpha value is -2.79. The number of aryl methyl sites for hydroxylation is 1. The molecule has 0 unspecified atom stereocenters. The van der Waals surface area contributed by atoms with Gasteiger partial charge in [-0.3, -0.25) is 9.59 Å². The van der Waals surface area contributed by atoms with E-state index in [9.17, 15) is 9.59 Å². The quantitative estimate of drug-likeness (QED) is 0.647. The van der Waals surface area contributed by atoms with E-state index in [1.165, 1.54) is 0 Å². The molecule has 1 aromatic heterocycles. The van der Waals surface area contributed by atoms with Crippen LogP contribution in [0.4, 0.5) is 5.69 Å². The molecule has 0 saturated carbocycles. The van der Waals surface area contributed by atoms with Gasteiger partial charge in [0.15, 0.2) is 0 Å². The molecule has 1 heterocycles. The highest BCUT2D eigenvalue weighted by Gasteiger charge is 2.14. The van der Waals surface area contributed by atoms with Crippen LogP contribution < -0.4 is 10.6 Å². The van der Waals surface area contributed by atoms with Crippen molar-refractivity contribution < 1.29 is 9.59 Å². The van der Waals surface area contributed by atoms with E-state index in [4.69, 9.17) is 11.6 Å². The first kappa shape index (κ1) is 20.0. The third kappa shape index (κ3) is 4.54. The Kier molecular flexibility index (Phi) is 6.05. The Morgan fingerprint density at radius 2 is 1.89 bits per heavy atom. The maximum absolute atomic E-state index is 12.5. The average molecular weight is 398 g/mol. The lowest BCUT2D eigenvalue weighted by atomic mass is 10.1. The largest absolute Gasteiger partial charge is 0.352 e. The van der Waals surface area contributed by atoms with Crippen molar-refractivity contribution in [1.29, 1.82) is 0 Å². The second kappa shape index (κ2) is 8.48. The summed E-state index contributed by atoms with van der Waals surface area (Å²) in [7, 11) is 1.96. The first-order valence-corrected chi connectivity index (χ1v) is 9.63. The van der Waals surface area contributed by atoms with Crippen molar-refractivity contribution in [2.45, 2.75) is 20.3 Å². The van der Waals surface area contributed by atoms with Crippen LogP contribution in [0.15, 0.2) is 48.7 Å². The summed E-state index contributed by atoms with van der Waals surface area (Å²) < 4.78 is 2.01. The van der Waals surface area contributed by atoms with E-state index in [0.717, 1.165) is 16.5 Å². The summed E-state index contributed by atoms with van der Waals surface area (Å²) in [5.41, 5.74) is 3.02. The molecule has 0 aliphatic carbocycles. The summed E-state index contributed by atoms with van der Waals surface area (Å²) in [6.07, 6.45) is 2.23. The summed E-state index contributed by atoms with van der Waals surface area (Å²) in [5, 5.41) is 7.07. The zero-order valence-electron chi connectivity index (χ0n) is 16.3. The summed E-state index contributed by atoms with van der Waals surface area (Å²) in [6, 6.07) is 12.9. The van der Waals surface area contributed by atoms with Crippen molar-refractivity contribution in [3.05, 3.63) is 64.8 Å². The minimum absolute atomic E-state index is 0.135. The molecule has 0 aliphatic heterocycles. The highest BCUT2D eigenvalue weighted by atomic mass is 35.5. The number of nitrogens with zero attached hydrogens (tertiary/aromatic N) is 1. The fourth-order valence-electron chi connectivity index (χ4n) is 3.11.